The molecule has 0 saturated carbocycles. The van der Waals surface area contributed by atoms with Crippen molar-refractivity contribution in [2.24, 2.45) is 0 Å². The number of carbonyl (C=O) groups is 1. The van der Waals surface area contributed by atoms with Crippen LogP contribution in [0.4, 0.5) is 0 Å². The number of carbonyl (C=O) groups excluding carboxylic acids is 1. The Balaban J connectivity index is 0.00000169. The summed E-state index contributed by atoms with van der Waals surface area (Å²) in [6, 6.07) is 8.75. The average Bonchev–Trinajstić information content (AvgIpc) is 2.93. The Labute approximate surface area is 147 Å². The van der Waals surface area contributed by atoms with Gasteiger partial charge in [-0.2, -0.15) is 0 Å². The second-order valence-electron chi connectivity index (χ2n) is 6.69. The number of aromatic carboxylic acids is 1. The minimum atomic E-state index is -1.11. The molecule has 2 aromatic rings. The number of benzene rings is 1. The van der Waals surface area contributed by atoms with Crippen LogP contribution in [-0.4, -0.2) is 33.9 Å². The Hall–Kier alpha value is -2.01. The molecule has 2 aliphatic heterocycles. The third kappa shape index (κ3) is 2.57. The van der Waals surface area contributed by atoms with Crippen molar-refractivity contribution in [3.05, 3.63) is 36.0 Å². The highest BCUT2D eigenvalue weighted by atomic mass is 35.5. The molecular weight excluding hydrogens is 326 g/mol. The first-order valence-corrected chi connectivity index (χ1v) is 8.28. The quantitative estimate of drug-likeness (QED) is 0.685. The Morgan fingerprint density at radius 1 is 1.17 bits per heavy atom. The van der Waals surface area contributed by atoms with E-state index in [0.717, 1.165) is 36.6 Å². The van der Waals surface area contributed by atoms with Gasteiger partial charge in [0.1, 0.15) is 0 Å². The molecule has 6 heteroatoms. The van der Waals surface area contributed by atoms with Crippen molar-refractivity contribution in [2.45, 2.75) is 50.2 Å². The van der Waals surface area contributed by atoms with E-state index in [4.69, 9.17) is 5.41 Å². The van der Waals surface area contributed by atoms with Crippen molar-refractivity contribution >= 4 is 35.6 Å². The van der Waals surface area contributed by atoms with E-state index in [-0.39, 0.29) is 18.0 Å². The van der Waals surface area contributed by atoms with Gasteiger partial charge >= 0.3 is 0 Å². The van der Waals surface area contributed by atoms with Gasteiger partial charge in [-0.25, -0.2) is 0 Å². The molecular formula is C18H21ClN3O2-. The Kier molecular flexibility index (Phi) is 4.54. The number of hydrogen-bond acceptors (Lipinski definition) is 3. The molecule has 0 spiro atoms. The van der Waals surface area contributed by atoms with E-state index in [1.165, 1.54) is 12.8 Å². The van der Waals surface area contributed by atoms with Crippen LogP contribution in [0.15, 0.2) is 30.5 Å². The number of piperidine rings is 2. The molecule has 24 heavy (non-hydrogen) atoms. The summed E-state index contributed by atoms with van der Waals surface area (Å²) < 4.78 is 2.13. The summed E-state index contributed by atoms with van der Waals surface area (Å²) in [5.41, 5.74) is 1.25. The highest BCUT2D eigenvalue weighted by Crippen LogP contribution is 2.40. The fraction of sp³-hybridized carbons (Fsp3) is 0.444. The van der Waals surface area contributed by atoms with E-state index in [1.807, 2.05) is 24.3 Å². The van der Waals surface area contributed by atoms with Gasteiger partial charge < -0.3 is 19.4 Å². The standard InChI is InChI=1S/C18H21N3O2.ClH/c19-11-21-12-4-3-5-13(21)9-14(8-12)20-10-16(18(22)23)15-6-1-2-7-17(15)20;/h1-2,6-7,10-14,19H,3-5,8-9H2,(H,22,23);1H/p-1. The van der Waals surface area contributed by atoms with Crippen LogP contribution in [0.1, 0.15) is 48.5 Å². The first kappa shape index (κ1) is 16.8. The summed E-state index contributed by atoms with van der Waals surface area (Å²) in [5.74, 6) is -1.11. The van der Waals surface area contributed by atoms with E-state index in [9.17, 15) is 9.90 Å². The minimum Gasteiger partial charge on any atom is -0.545 e. The fourth-order valence-electron chi connectivity index (χ4n) is 4.50. The van der Waals surface area contributed by atoms with E-state index < -0.39 is 5.97 Å². The van der Waals surface area contributed by atoms with Crippen LogP contribution in [0.25, 0.3) is 10.9 Å². The van der Waals surface area contributed by atoms with E-state index in [2.05, 4.69) is 9.47 Å². The van der Waals surface area contributed by atoms with Gasteiger partial charge in [0, 0.05) is 40.8 Å². The highest BCUT2D eigenvalue weighted by Gasteiger charge is 2.37. The maximum absolute atomic E-state index is 11.4. The molecule has 1 aromatic heterocycles. The van der Waals surface area contributed by atoms with Crippen molar-refractivity contribution in [3.8, 4) is 0 Å². The van der Waals surface area contributed by atoms with Crippen molar-refractivity contribution in [2.75, 3.05) is 0 Å². The summed E-state index contributed by atoms with van der Waals surface area (Å²) in [4.78, 5) is 13.6. The highest BCUT2D eigenvalue weighted by molar-refractivity contribution is 6.02. The predicted molar refractivity (Wildman–Crippen MR) is 93.8 cm³/mol. The van der Waals surface area contributed by atoms with Crippen LogP contribution in [0.3, 0.4) is 0 Å². The molecule has 1 N–H and O–H groups in total. The Morgan fingerprint density at radius 3 is 2.46 bits per heavy atom. The number of hydrogen-bond donors (Lipinski definition) is 1. The molecule has 2 aliphatic rings. The van der Waals surface area contributed by atoms with Crippen LogP contribution >= 0.6 is 12.4 Å². The van der Waals surface area contributed by atoms with Crippen LogP contribution in [0.5, 0.6) is 0 Å². The molecule has 2 fully saturated rings. The lowest BCUT2D eigenvalue weighted by atomic mass is 9.82. The number of aromatic nitrogens is 1. The molecule has 5 nitrogen and oxygen atoms in total. The van der Waals surface area contributed by atoms with Gasteiger partial charge in [0.15, 0.2) is 0 Å². The second-order valence-corrected chi connectivity index (χ2v) is 6.69. The first-order valence-electron chi connectivity index (χ1n) is 8.28. The summed E-state index contributed by atoms with van der Waals surface area (Å²) in [6.07, 6.45) is 8.65. The van der Waals surface area contributed by atoms with Crippen molar-refractivity contribution < 1.29 is 9.90 Å². The lowest BCUT2D eigenvalue weighted by Gasteiger charge is -2.48. The predicted octanol–water partition coefficient (Wildman–Crippen LogP) is 2.59. The average molecular weight is 347 g/mol. The summed E-state index contributed by atoms with van der Waals surface area (Å²) in [5, 5.41) is 19.9. The van der Waals surface area contributed by atoms with Crippen LogP contribution in [0, 0.1) is 5.41 Å². The van der Waals surface area contributed by atoms with Crippen molar-refractivity contribution in [3.63, 3.8) is 0 Å². The molecule has 4 rings (SSSR count). The number of nitrogens with zero attached hydrogens (tertiary/aromatic N) is 2. The largest absolute Gasteiger partial charge is 0.545 e. The van der Waals surface area contributed by atoms with E-state index in [1.54, 1.807) is 6.20 Å². The lowest BCUT2D eigenvalue weighted by Crippen LogP contribution is -2.51. The first-order chi connectivity index (χ1) is 11.2. The Bertz CT molecular complexity index is 759. The zero-order chi connectivity index (χ0) is 16.0. The van der Waals surface area contributed by atoms with Gasteiger partial charge in [-0.15, -0.1) is 12.4 Å². The molecule has 128 valence electrons. The van der Waals surface area contributed by atoms with Crippen LogP contribution in [-0.2, 0) is 0 Å². The van der Waals surface area contributed by atoms with Gasteiger partial charge in [0.25, 0.3) is 0 Å². The number of rotatable bonds is 3. The number of para-hydroxylation sites is 1. The van der Waals surface area contributed by atoms with Crippen LogP contribution in [0.2, 0.25) is 0 Å². The fourth-order valence-corrected chi connectivity index (χ4v) is 4.50. The molecule has 1 aromatic carbocycles. The molecule has 2 unspecified atom stereocenters. The molecule has 2 bridgehead atoms. The molecule has 0 radical (unpaired) electrons. The number of carboxylic acids is 1. The maximum Gasteiger partial charge on any atom is 0.0822 e. The second kappa shape index (κ2) is 6.48. The van der Waals surface area contributed by atoms with Crippen molar-refractivity contribution in [1.82, 2.24) is 9.47 Å². The smallest absolute Gasteiger partial charge is 0.0822 e. The summed E-state index contributed by atoms with van der Waals surface area (Å²) >= 11 is 0. The molecule has 3 heterocycles. The molecule has 0 amide bonds. The van der Waals surface area contributed by atoms with Gasteiger partial charge in [0.2, 0.25) is 0 Å². The SMILES string of the molecule is Cl.N=CN1C2CCCC1CC(n1cc(C(=O)[O-])c3ccccc31)C2. The monoisotopic (exact) mass is 346 g/mol. The normalized spacial score (nSPS) is 26.0. The number of fused-ring (bicyclic) bond motifs is 3. The molecule has 0 aliphatic carbocycles. The number of nitrogens with one attached hydrogen (secondary N) is 1. The number of halogens is 1. The third-order valence-electron chi connectivity index (χ3n) is 5.51. The third-order valence-corrected chi connectivity index (χ3v) is 5.51. The minimum absolute atomic E-state index is 0. The molecule has 2 saturated heterocycles. The van der Waals surface area contributed by atoms with E-state index >= 15 is 0 Å². The maximum atomic E-state index is 11.4. The van der Waals surface area contributed by atoms with Crippen molar-refractivity contribution in [1.29, 1.82) is 5.41 Å². The summed E-state index contributed by atoms with van der Waals surface area (Å²) in [7, 11) is 0. The Morgan fingerprint density at radius 2 is 1.83 bits per heavy atom. The van der Waals surface area contributed by atoms with Gasteiger partial charge in [-0.3, -0.25) is 5.41 Å². The number of carboxylic acid groups (broad SMARTS) is 1. The van der Waals surface area contributed by atoms with E-state index in [0.29, 0.717) is 18.1 Å². The zero-order valence-electron chi connectivity index (χ0n) is 13.4. The summed E-state index contributed by atoms with van der Waals surface area (Å²) in [6.45, 7) is 0. The van der Waals surface area contributed by atoms with Gasteiger partial charge in [-0.1, -0.05) is 18.2 Å². The van der Waals surface area contributed by atoms with Gasteiger partial charge in [0.05, 0.1) is 12.3 Å². The topological polar surface area (TPSA) is 72.2 Å². The van der Waals surface area contributed by atoms with Crippen LogP contribution < -0.4 is 5.11 Å². The van der Waals surface area contributed by atoms with Gasteiger partial charge in [-0.05, 0) is 38.2 Å². The lowest BCUT2D eigenvalue weighted by molar-refractivity contribution is -0.254. The molecule has 2 atom stereocenters. The zero-order valence-corrected chi connectivity index (χ0v) is 14.2.